The number of carbonyl (C=O) groups excluding carboxylic acids is 1. The monoisotopic (exact) mass is 331 g/mol. The minimum atomic E-state index is -1.74. The van der Waals surface area contributed by atoms with E-state index in [4.69, 9.17) is 4.74 Å². The van der Waals surface area contributed by atoms with Gasteiger partial charge >= 0.3 is 0 Å². The molecule has 0 aliphatic carbocycles. The summed E-state index contributed by atoms with van der Waals surface area (Å²) < 4.78 is 70.5. The van der Waals surface area contributed by atoms with Crippen LogP contribution in [0.3, 0.4) is 0 Å². The molecule has 2 rings (SSSR count). The normalized spacial score (nSPS) is 11.9. The Morgan fingerprint density at radius 3 is 2.35 bits per heavy atom. The van der Waals surface area contributed by atoms with E-state index in [-0.39, 0.29) is 5.75 Å². The predicted octanol–water partition coefficient (Wildman–Crippen LogP) is 3.79. The van der Waals surface area contributed by atoms with Crippen molar-refractivity contribution in [1.29, 1.82) is 0 Å². The van der Waals surface area contributed by atoms with Crippen LogP contribution in [0.2, 0.25) is 0 Å². The van der Waals surface area contributed by atoms with Crippen LogP contribution in [0.25, 0.3) is 0 Å². The molecule has 0 aromatic heterocycles. The fraction of sp³-hybridized carbons (Fsp3) is 0.133. The molecule has 0 radical (unpaired) electrons. The second kappa shape index (κ2) is 6.64. The highest BCUT2D eigenvalue weighted by atomic mass is 19.2. The van der Waals surface area contributed by atoms with Crippen LogP contribution in [0.4, 0.5) is 27.6 Å². The molecule has 2 aromatic carbocycles. The molecule has 0 aliphatic heterocycles. The van der Waals surface area contributed by atoms with Gasteiger partial charge in [-0.05, 0) is 31.2 Å². The summed E-state index contributed by atoms with van der Waals surface area (Å²) in [5, 5.41) is 1.99. The third-order valence-corrected chi connectivity index (χ3v) is 2.86. The number of hydrogen-bond donors (Lipinski definition) is 1. The zero-order chi connectivity index (χ0) is 17.1. The molecular weight excluding hydrogens is 321 g/mol. The van der Waals surface area contributed by atoms with Gasteiger partial charge in [-0.2, -0.15) is 0 Å². The largest absolute Gasteiger partial charge is 0.478 e. The van der Waals surface area contributed by atoms with Gasteiger partial charge < -0.3 is 10.1 Å². The van der Waals surface area contributed by atoms with Gasteiger partial charge in [-0.25, -0.2) is 22.0 Å². The number of benzene rings is 2. The molecule has 1 atom stereocenters. The van der Waals surface area contributed by atoms with Crippen LogP contribution in [0.1, 0.15) is 6.92 Å². The van der Waals surface area contributed by atoms with Crippen molar-refractivity contribution < 1.29 is 31.5 Å². The first-order chi connectivity index (χ1) is 10.8. The molecule has 1 amide bonds. The van der Waals surface area contributed by atoms with Gasteiger partial charge in [0.1, 0.15) is 5.82 Å². The minimum Gasteiger partial charge on any atom is -0.478 e. The van der Waals surface area contributed by atoms with Crippen molar-refractivity contribution in [2.75, 3.05) is 5.32 Å². The quantitative estimate of drug-likeness (QED) is 0.684. The van der Waals surface area contributed by atoms with Crippen molar-refractivity contribution >= 4 is 11.6 Å². The first-order valence-electron chi connectivity index (χ1n) is 6.35. The predicted molar refractivity (Wildman–Crippen MR) is 71.4 cm³/mol. The molecular formula is C15H10F5NO2. The number of carbonyl (C=O) groups is 1. The molecule has 8 heteroatoms. The lowest BCUT2D eigenvalue weighted by atomic mass is 10.2. The van der Waals surface area contributed by atoms with Crippen LogP contribution in [0.5, 0.6) is 5.75 Å². The molecule has 3 nitrogen and oxygen atoms in total. The van der Waals surface area contributed by atoms with Crippen LogP contribution >= 0.6 is 0 Å². The average molecular weight is 331 g/mol. The van der Waals surface area contributed by atoms with Crippen molar-refractivity contribution in [3.63, 3.8) is 0 Å². The van der Waals surface area contributed by atoms with E-state index in [1.165, 1.54) is 6.92 Å². The highest BCUT2D eigenvalue weighted by Crippen LogP contribution is 2.22. The molecule has 2 aromatic rings. The van der Waals surface area contributed by atoms with E-state index in [1.807, 2.05) is 5.32 Å². The van der Waals surface area contributed by atoms with Gasteiger partial charge in [0, 0.05) is 6.07 Å². The molecule has 0 saturated carbocycles. The van der Waals surface area contributed by atoms with Crippen LogP contribution in [0, 0.1) is 29.1 Å². The number of amides is 1. The number of nitrogens with one attached hydrogen (secondary N) is 1. The van der Waals surface area contributed by atoms with Gasteiger partial charge in [-0.3, -0.25) is 4.79 Å². The lowest BCUT2D eigenvalue weighted by molar-refractivity contribution is -0.122. The molecule has 1 N–H and O–H groups in total. The maximum Gasteiger partial charge on any atom is 0.265 e. The van der Waals surface area contributed by atoms with Crippen LogP contribution in [-0.2, 0) is 4.79 Å². The van der Waals surface area contributed by atoms with E-state index in [2.05, 4.69) is 0 Å². The third-order valence-electron chi connectivity index (χ3n) is 2.86. The standard InChI is InChI=1S/C15H10F5NO2/c1-7(23-12-5-2-8(16)6-10(12)18)15(22)21-11-4-3-9(17)13(19)14(11)20/h2-7H,1H3,(H,21,22). The van der Waals surface area contributed by atoms with Gasteiger partial charge in [0.15, 0.2) is 35.1 Å². The molecule has 0 heterocycles. The van der Waals surface area contributed by atoms with Crippen LogP contribution in [-0.4, -0.2) is 12.0 Å². The molecule has 1 unspecified atom stereocenters. The molecule has 0 spiro atoms. The molecule has 122 valence electrons. The van der Waals surface area contributed by atoms with Crippen molar-refractivity contribution in [2.24, 2.45) is 0 Å². The molecule has 23 heavy (non-hydrogen) atoms. The van der Waals surface area contributed by atoms with Gasteiger partial charge in [0.05, 0.1) is 5.69 Å². The Morgan fingerprint density at radius 1 is 1.00 bits per heavy atom. The highest BCUT2D eigenvalue weighted by Gasteiger charge is 2.20. The Bertz CT molecular complexity index is 751. The SMILES string of the molecule is CC(Oc1ccc(F)cc1F)C(=O)Nc1ccc(F)c(F)c1F. The summed E-state index contributed by atoms with van der Waals surface area (Å²) >= 11 is 0. The number of halogens is 5. The Labute approximate surface area is 127 Å². The van der Waals surface area contributed by atoms with E-state index in [0.29, 0.717) is 12.1 Å². The summed E-state index contributed by atoms with van der Waals surface area (Å²) in [4.78, 5) is 11.8. The fourth-order valence-corrected chi connectivity index (χ4v) is 1.67. The maximum atomic E-state index is 13.4. The lowest BCUT2D eigenvalue weighted by Gasteiger charge is -2.15. The van der Waals surface area contributed by atoms with E-state index >= 15 is 0 Å². The van der Waals surface area contributed by atoms with Crippen LogP contribution < -0.4 is 10.1 Å². The Kier molecular flexibility index (Phi) is 4.83. The fourth-order valence-electron chi connectivity index (χ4n) is 1.67. The highest BCUT2D eigenvalue weighted by molar-refractivity contribution is 5.94. The summed E-state index contributed by atoms with van der Waals surface area (Å²) in [6.45, 7) is 1.22. The molecule has 0 fully saturated rings. The molecule has 0 aliphatic rings. The summed E-state index contributed by atoms with van der Waals surface area (Å²) in [6, 6.07) is 3.94. The third kappa shape index (κ3) is 3.77. The average Bonchev–Trinajstić information content (AvgIpc) is 2.50. The van der Waals surface area contributed by atoms with Gasteiger partial charge in [0.2, 0.25) is 0 Å². The maximum absolute atomic E-state index is 13.4. The summed E-state index contributed by atoms with van der Waals surface area (Å²) in [6.07, 6.45) is -1.30. The first kappa shape index (κ1) is 16.7. The van der Waals surface area contributed by atoms with E-state index in [1.54, 1.807) is 0 Å². The summed E-state index contributed by atoms with van der Waals surface area (Å²) in [7, 11) is 0. The Balaban J connectivity index is 2.10. The van der Waals surface area contributed by atoms with Gasteiger partial charge in [-0.15, -0.1) is 0 Å². The number of rotatable bonds is 4. The van der Waals surface area contributed by atoms with E-state index in [9.17, 15) is 26.7 Å². The van der Waals surface area contributed by atoms with Crippen molar-refractivity contribution in [3.8, 4) is 5.75 Å². The lowest BCUT2D eigenvalue weighted by Crippen LogP contribution is -2.30. The summed E-state index contributed by atoms with van der Waals surface area (Å²) in [5.41, 5.74) is -0.594. The minimum absolute atomic E-state index is 0.389. The second-order valence-electron chi connectivity index (χ2n) is 4.55. The Hall–Kier alpha value is -2.64. The van der Waals surface area contributed by atoms with Crippen molar-refractivity contribution in [3.05, 3.63) is 59.4 Å². The zero-order valence-corrected chi connectivity index (χ0v) is 11.7. The number of anilines is 1. The molecule has 0 bridgehead atoms. The van der Waals surface area contributed by atoms with Crippen molar-refractivity contribution in [1.82, 2.24) is 0 Å². The first-order valence-corrected chi connectivity index (χ1v) is 6.35. The molecule has 0 saturated heterocycles. The van der Waals surface area contributed by atoms with Crippen molar-refractivity contribution in [2.45, 2.75) is 13.0 Å². The second-order valence-corrected chi connectivity index (χ2v) is 4.55. The van der Waals surface area contributed by atoms with Crippen LogP contribution in [0.15, 0.2) is 30.3 Å². The number of ether oxygens (including phenoxy) is 1. The van der Waals surface area contributed by atoms with Gasteiger partial charge in [-0.1, -0.05) is 0 Å². The smallest absolute Gasteiger partial charge is 0.265 e. The van der Waals surface area contributed by atoms with E-state index in [0.717, 1.165) is 18.2 Å². The Morgan fingerprint density at radius 2 is 1.70 bits per heavy atom. The topological polar surface area (TPSA) is 38.3 Å². The zero-order valence-electron chi connectivity index (χ0n) is 11.7. The summed E-state index contributed by atoms with van der Waals surface area (Å²) in [5.74, 6) is -7.88. The number of hydrogen-bond acceptors (Lipinski definition) is 2. The van der Waals surface area contributed by atoms with Gasteiger partial charge in [0.25, 0.3) is 5.91 Å². The van der Waals surface area contributed by atoms with E-state index < -0.39 is 46.8 Å².